The highest BCUT2D eigenvalue weighted by Gasteiger charge is 2.41. The number of anilines is 1. The van der Waals surface area contributed by atoms with Gasteiger partial charge in [-0.1, -0.05) is 39.8 Å². The number of hydrogen-bond acceptors (Lipinski definition) is 2. The Bertz CT molecular complexity index is 683. The number of nitrogens with zero attached hydrogens (tertiary/aromatic N) is 1. The number of piperidine rings is 1. The maximum absolute atomic E-state index is 6.43. The van der Waals surface area contributed by atoms with E-state index < -0.39 is 0 Å². The molecule has 1 aromatic rings. The molecule has 122 valence electrons. The first kappa shape index (κ1) is 14.9. The van der Waals surface area contributed by atoms with Gasteiger partial charge in [0.05, 0.1) is 11.7 Å². The van der Waals surface area contributed by atoms with Crippen molar-refractivity contribution in [2.45, 2.75) is 58.6 Å². The molecule has 0 aromatic heterocycles. The highest BCUT2D eigenvalue weighted by atomic mass is 16.5. The van der Waals surface area contributed by atoms with E-state index in [4.69, 9.17) is 4.74 Å². The van der Waals surface area contributed by atoms with Crippen LogP contribution in [0.2, 0.25) is 0 Å². The van der Waals surface area contributed by atoms with Gasteiger partial charge < -0.3 is 9.64 Å². The summed E-state index contributed by atoms with van der Waals surface area (Å²) in [7, 11) is 0. The topological polar surface area (TPSA) is 12.5 Å². The molecule has 0 N–H and O–H groups in total. The van der Waals surface area contributed by atoms with Crippen LogP contribution in [0.4, 0.5) is 5.69 Å². The van der Waals surface area contributed by atoms with Gasteiger partial charge in [0, 0.05) is 6.54 Å². The minimum Gasteiger partial charge on any atom is -0.482 e. The number of allylic oxidation sites excluding steroid dienone is 2. The molecule has 0 spiro atoms. The number of rotatable bonds is 2. The lowest BCUT2D eigenvalue weighted by Crippen LogP contribution is -2.53. The largest absolute Gasteiger partial charge is 0.482 e. The molecule has 23 heavy (non-hydrogen) atoms. The van der Waals surface area contributed by atoms with E-state index in [2.05, 4.69) is 62.9 Å². The second-order valence-corrected chi connectivity index (χ2v) is 7.75. The highest BCUT2D eigenvalue weighted by Crippen LogP contribution is 2.45. The summed E-state index contributed by atoms with van der Waals surface area (Å²) in [5.74, 6) is 2.17. The Balaban J connectivity index is 1.79. The predicted molar refractivity (Wildman–Crippen MR) is 96.3 cm³/mol. The van der Waals surface area contributed by atoms with Crippen molar-refractivity contribution in [3.63, 3.8) is 0 Å². The van der Waals surface area contributed by atoms with Crippen molar-refractivity contribution in [2.75, 3.05) is 11.4 Å². The molecule has 0 saturated carbocycles. The average Bonchev–Trinajstić information content (AvgIpc) is 2.54. The summed E-state index contributed by atoms with van der Waals surface area (Å²) in [4.78, 5) is 2.60. The summed E-state index contributed by atoms with van der Waals surface area (Å²) >= 11 is 0. The predicted octanol–water partition coefficient (Wildman–Crippen LogP) is 5.06. The van der Waals surface area contributed by atoms with Gasteiger partial charge in [-0.3, -0.25) is 0 Å². The van der Waals surface area contributed by atoms with Crippen LogP contribution in [0, 0.1) is 5.92 Å². The lowest BCUT2D eigenvalue weighted by atomic mass is 9.81. The zero-order valence-electron chi connectivity index (χ0n) is 14.7. The average molecular weight is 309 g/mol. The molecular formula is C21H27NO. The number of benzene rings is 1. The normalized spacial score (nSPS) is 25.6. The van der Waals surface area contributed by atoms with E-state index in [0.29, 0.717) is 17.9 Å². The third-order valence-corrected chi connectivity index (χ3v) is 5.49. The van der Waals surface area contributed by atoms with E-state index >= 15 is 0 Å². The third kappa shape index (κ3) is 2.39. The fourth-order valence-electron chi connectivity index (χ4n) is 4.12. The maximum atomic E-state index is 6.43. The Morgan fingerprint density at radius 2 is 1.96 bits per heavy atom. The second kappa shape index (κ2) is 5.43. The molecule has 1 aromatic carbocycles. The molecule has 2 atom stereocenters. The first-order valence-corrected chi connectivity index (χ1v) is 9.04. The minimum absolute atomic E-state index is 0.171. The minimum atomic E-state index is 0.171. The lowest BCUT2D eigenvalue weighted by Gasteiger charge is -2.48. The summed E-state index contributed by atoms with van der Waals surface area (Å²) < 4.78 is 6.43. The van der Waals surface area contributed by atoms with Crippen molar-refractivity contribution >= 4 is 5.69 Å². The summed E-state index contributed by atoms with van der Waals surface area (Å²) in [5, 5.41) is 0. The molecule has 1 saturated heterocycles. The quantitative estimate of drug-likeness (QED) is 0.757. The summed E-state index contributed by atoms with van der Waals surface area (Å²) in [6.45, 7) is 10.2. The fraction of sp³-hybridized carbons (Fsp3) is 0.524. The van der Waals surface area contributed by atoms with Crippen LogP contribution in [0.15, 0.2) is 41.5 Å². The zero-order chi connectivity index (χ0) is 16.1. The standard InChI is InChI=1S/C21H27NO/c1-13(2)15-7-8-19-18(11-15)22-9-5-6-16-10-17(14(3)4)12-20(23-19)21(16)22/h7-8,10-14,20-21H,5-6,9H2,1-4H3. The van der Waals surface area contributed by atoms with Crippen LogP contribution in [0.1, 0.15) is 52.0 Å². The van der Waals surface area contributed by atoms with Crippen molar-refractivity contribution in [3.05, 3.63) is 47.1 Å². The first-order valence-electron chi connectivity index (χ1n) is 9.04. The van der Waals surface area contributed by atoms with E-state index in [1.165, 1.54) is 29.7 Å². The molecule has 1 aliphatic carbocycles. The molecule has 2 nitrogen and oxygen atoms in total. The Morgan fingerprint density at radius 3 is 2.70 bits per heavy atom. The van der Waals surface area contributed by atoms with E-state index in [1.807, 2.05) is 0 Å². The van der Waals surface area contributed by atoms with Crippen LogP contribution < -0.4 is 9.64 Å². The Labute approximate surface area is 139 Å². The molecule has 4 rings (SSSR count). The van der Waals surface area contributed by atoms with Crippen LogP contribution in [0.25, 0.3) is 0 Å². The fourth-order valence-corrected chi connectivity index (χ4v) is 4.12. The van der Waals surface area contributed by atoms with Crippen LogP contribution in [-0.2, 0) is 0 Å². The number of ether oxygens (including phenoxy) is 1. The third-order valence-electron chi connectivity index (χ3n) is 5.49. The Hall–Kier alpha value is -1.70. The van der Waals surface area contributed by atoms with Crippen LogP contribution in [0.5, 0.6) is 5.75 Å². The van der Waals surface area contributed by atoms with Gasteiger partial charge in [0.2, 0.25) is 0 Å². The zero-order valence-corrected chi connectivity index (χ0v) is 14.7. The molecule has 2 unspecified atom stereocenters. The van der Waals surface area contributed by atoms with Gasteiger partial charge in [-0.2, -0.15) is 0 Å². The SMILES string of the molecule is CC(C)C1=CC2Oc3ccc(C(C)C)cc3N3CCCC(=C1)C23. The van der Waals surface area contributed by atoms with Gasteiger partial charge in [0.25, 0.3) is 0 Å². The van der Waals surface area contributed by atoms with Gasteiger partial charge in [-0.05, 0) is 59.6 Å². The van der Waals surface area contributed by atoms with E-state index in [9.17, 15) is 0 Å². The van der Waals surface area contributed by atoms with Gasteiger partial charge in [-0.25, -0.2) is 0 Å². The maximum Gasteiger partial charge on any atom is 0.143 e. The van der Waals surface area contributed by atoms with E-state index in [1.54, 1.807) is 5.57 Å². The van der Waals surface area contributed by atoms with Crippen molar-refractivity contribution < 1.29 is 4.74 Å². The Kier molecular flexibility index (Phi) is 3.51. The smallest absolute Gasteiger partial charge is 0.143 e. The summed E-state index contributed by atoms with van der Waals surface area (Å²) in [5.41, 5.74) is 5.69. The number of fused-ring (bicyclic) bond motifs is 2. The van der Waals surface area contributed by atoms with Crippen LogP contribution in [0.3, 0.4) is 0 Å². The molecule has 0 amide bonds. The highest BCUT2D eigenvalue weighted by molar-refractivity contribution is 5.66. The number of hydrogen-bond donors (Lipinski definition) is 0. The van der Waals surface area contributed by atoms with Crippen molar-refractivity contribution in [3.8, 4) is 5.75 Å². The summed E-state index contributed by atoms with van der Waals surface area (Å²) in [6, 6.07) is 7.15. The van der Waals surface area contributed by atoms with Gasteiger partial charge in [-0.15, -0.1) is 0 Å². The molecular weight excluding hydrogens is 282 g/mol. The van der Waals surface area contributed by atoms with Crippen molar-refractivity contribution in [2.24, 2.45) is 5.92 Å². The van der Waals surface area contributed by atoms with Gasteiger partial charge in [0.15, 0.2) is 0 Å². The van der Waals surface area contributed by atoms with Gasteiger partial charge in [0.1, 0.15) is 11.9 Å². The molecule has 2 heteroatoms. The first-order chi connectivity index (χ1) is 11.0. The Morgan fingerprint density at radius 1 is 1.13 bits per heavy atom. The lowest BCUT2D eigenvalue weighted by molar-refractivity contribution is 0.196. The van der Waals surface area contributed by atoms with Crippen molar-refractivity contribution in [1.82, 2.24) is 0 Å². The van der Waals surface area contributed by atoms with E-state index in [-0.39, 0.29) is 6.10 Å². The monoisotopic (exact) mass is 309 g/mol. The molecule has 2 heterocycles. The van der Waals surface area contributed by atoms with Gasteiger partial charge >= 0.3 is 0 Å². The molecule has 2 aliphatic heterocycles. The van der Waals surface area contributed by atoms with Crippen molar-refractivity contribution in [1.29, 1.82) is 0 Å². The van der Waals surface area contributed by atoms with E-state index in [0.717, 1.165) is 12.3 Å². The molecule has 1 fully saturated rings. The molecule has 3 aliphatic rings. The molecule has 0 bridgehead atoms. The van der Waals surface area contributed by atoms with Crippen LogP contribution >= 0.6 is 0 Å². The second-order valence-electron chi connectivity index (χ2n) is 7.75. The van der Waals surface area contributed by atoms with Crippen LogP contribution in [-0.4, -0.2) is 18.7 Å². The summed E-state index contributed by atoms with van der Waals surface area (Å²) in [6.07, 6.45) is 7.43. The molecule has 0 radical (unpaired) electrons.